The van der Waals surface area contributed by atoms with Crippen LogP contribution >= 0.6 is 0 Å². The summed E-state index contributed by atoms with van der Waals surface area (Å²) in [5.41, 5.74) is 3.67. The molecule has 1 aromatic heterocycles. The van der Waals surface area contributed by atoms with E-state index in [4.69, 9.17) is 0 Å². The normalized spacial score (nSPS) is 14.3. The van der Waals surface area contributed by atoms with Gasteiger partial charge >= 0.3 is 0 Å². The highest BCUT2D eigenvalue weighted by Crippen LogP contribution is 2.31. The highest BCUT2D eigenvalue weighted by atomic mass is 16.2. The van der Waals surface area contributed by atoms with Crippen molar-refractivity contribution in [3.8, 4) is 0 Å². The first-order valence-corrected chi connectivity index (χ1v) is 14.8. The van der Waals surface area contributed by atoms with E-state index in [1.165, 1.54) is 6.42 Å². The van der Waals surface area contributed by atoms with E-state index in [1.807, 2.05) is 55.5 Å². The predicted octanol–water partition coefficient (Wildman–Crippen LogP) is 6.85. The summed E-state index contributed by atoms with van der Waals surface area (Å²) in [6, 6.07) is 20.3. The lowest BCUT2D eigenvalue weighted by molar-refractivity contribution is -0.127. The van der Waals surface area contributed by atoms with Gasteiger partial charge in [0.25, 0.3) is 0 Å². The summed E-state index contributed by atoms with van der Waals surface area (Å²) in [4.78, 5) is 46.3. The molecule has 2 aromatic carbocycles. The Morgan fingerprint density at radius 3 is 2.20 bits per heavy atom. The Morgan fingerprint density at radius 1 is 0.878 bits per heavy atom. The lowest BCUT2D eigenvalue weighted by atomic mass is 9.94. The molecular formula is C34H42N4O3. The minimum atomic E-state index is -0.822. The Hall–Kier alpha value is -4.00. The summed E-state index contributed by atoms with van der Waals surface area (Å²) in [6.45, 7) is 6.26. The van der Waals surface area contributed by atoms with Gasteiger partial charge in [0.2, 0.25) is 17.7 Å². The van der Waals surface area contributed by atoms with E-state index in [2.05, 4.69) is 29.5 Å². The summed E-state index contributed by atoms with van der Waals surface area (Å²) < 4.78 is 0. The van der Waals surface area contributed by atoms with Crippen molar-refractivity contribution in [2.45, 2.75) is 90.1 Å². The van der Waals surface area contributed by atoms with Crippen LogP contribution in [0.25, 0.3) is 0 Å². The highest BCUT2D eigenvalue weighted by molar-refractivity contribution is 6.01. The fourth-order valence-electron chi connectivity index (χ4n) is 5.31. The number of hydrogen-bond acceptors (Lipinski definition) is 4. The molecule has 0 spiro atoms. The van der Waals surface area contributed by atoms with Gasteiger partial charge in [-0.1, -0.05) is 81.1 Å². The van der Waals surface area contributed by atoms with Crippen molar-refractivity contribution in [3.05, 3.63) is 89.6 Å². The monoisotopic (exact) mass is 554 g/mol. The number of pyridine rings is 1. The molecule has 0 unspecified atom stereocenters. The summed E-state index contributed by atoms with van der Waals surface area (Å²) in [5.74, 6) is 0.254. The molecule has 1 heterocycles. The van der Waals surface area contributed by atoms with E-state index in [0.717, 1.165) is 42.4 Å². The smallest absolute Gasteiger partial charge is 0.248 e. The molecule has 0 radical (unpaired) electrons. The zero-order chi connectivity index (χ0) is 29.2. The van der Waals surface area contributed by atoms with Gasteiger partial charge in [-0.25, -0.2) is 4.98 Å². The van der Waals surface area contributed by atoms with Crippen LogP contribution < -0.4 is 15.5 Å². The largest absolute Gasteiger partial charge is 0.351 e. The molecule has 216 valence electrons. The molecule has 41 heavy (non-hydrogen) atoms. The third kappa shape index (κ3) is 8.49. The zero-order valence-electron chi connectivity index (χ0n) is 24.4. The van der Waals surface area contributed by atoms with Crippen LogP contribution in [0.5, 0.6) is 0 Å². The Labute approximate surface area is 243 Å². The average molecular weight is 555 g/mol. The minimum Gasteiger partial charge on any atom is -0.351 e. The number of anilines is 2. The maximum Gasteiger partial charge on any atom is 0.248 e. The Kier molecular flexibility index (Phi) is 10.7. The SMILES string of the molecule is Cc1ccc([C@H](C(=O)NC2CCCCC2)N(C(=O)CCCC(=O)Nc2ccccn2)c2ccc(C(C)C)cc2)cc1. The molecule has 2 N–H and O–H groups in total. The van der Waals surface area contributed by atoms with Crippen LogP contribution in [0.15, 0.2) is 72.9 Å². The van der Waals surface area contributed by atoms with Crippen molar-refractivity contribution in [2.24, 2.45) is 0 Å². The molecule has 3 amide bonds. The molecule has 0 aliphatic heterocycles. The Bertz CT molecular complexity index is 1280. The van der Waals surface area contributed by atoms with Gasteiger partial charge in [-0.05, 0) is 67.5 Å². The molecule has 1 saturated carbocycles. The second-order valence-electron chi connectivity index (χ2n) is 11.3. The summed E-state index contributed by atoms with van der Waals surface area (Å²) in [5, 5.41) is 6.04. The van der Waals surface area contributed by atoms with Gasteiger partial charge in [-0.3, -0.25) is 19.3 Å². The topological polar surface area (TPSA) is 91.4 Å². The fourth-order valence-corrected chi connectivity index (χ4v) is 5.31. The number of rotatable bonds is 11. The van der Waals surface area contributed by atoms with Crippen LogP contribution in [-0.2, 0) is 14.4 Å². The van der Waals surface area contributed by atoms with Crippen molar-refractivity contribution in [1.82, 2.24) is 10.3 Å². The van der Waals surface area contributed by atoms with Gasteiger partial charge in [0, 0.05) is 30.8 Å². The minimum absolute atomic E-state index is 0.111. The Balaban J connectivity index is 1.59. The van der Waals surface area contributed by atoms with E-state index in [-0.39, 0.29) is 36.6 Å². The van der Waals surface area contributed by atoms with Crippen molar-refractivity contribution in [1.29, 1.82) is 0 Å². The number of aromatic nitrogens is 1. The van der Waals surface area contributed by atoms with Crippen molar-refractivity contribution < 1.29 is 14.4 Å². The van der Waals surface area contributed by atoms with E-state index in [0.29, 0.717) is 23.8 Å². The van der Waals surface area contributed by atoms with Gasteiger partial charge in [0.05, 0.1) is 0 Å². The van der Waals surface area contributed by atoms with Crippen LogP contribution in [-0.4, -0.2) is 28.7 Å². The quantitative estimate of drug-likeness (QED) is 0.271. The van der Waals surface area contributed by atoms with Crippen LogP contribution in [0.1, 0.15) is 93.9 Å². The van der Waals surface area contributed by atoms with E-state index in [1.54, 1.807) is 29.3 Å². The van der Waals surface area contributed by atoms with Gasteiger partial charge in [-0.2, -0.15) is 0 Å². The van der Waals surface area contributed by atoms with Crippen molar-refractivity contribution in [3.63, 3.8) is 0 Å². The average Bonchev–Trinajstić information content (AvgIpc) is 2.97. The van der Waals surface area contributed by atoms with Gasteiger partial charge < -0.3 is 10.6 Å². The highest BCUT2D eigenvalue weighted by Gasteiger charge is 2.34. The number of aryl methyl sites for hydroxylation is 1. The molecule has 7 nitrogen and oxygen atoms in total. The number of amides is 3. The second-order valence-corrected chi connectivity index (χ2v) is 11.3. The third-order valence-corrected chi connectivity index (χ3v) is 7.68. The number of carbonyl (C=O) groups is 3. The Morgan fingerprint density at radius 2 is 1.56 bits per heavy atom. The number of carbonyl (C=O) groups excluding carboxylic acids is 3. The molecule has 0 bridgehead atoms. The molecule has 1 aliphatic rings. The predicted molar refractivity (Wildman–Crippen MR) is 164 cm³/mol. The number of nitrogens with one attached hydrogen (secondary N) is 2. The maximum absolute atomic E-state index is 14.0. The maximum atomic E-state index is 14.0. The van der Waals surface area contributed by atoms with Crippen molar-refractivity contribution >= 4 is 29.2 Å². The number of benzene rings is 2. The summed E-state index contributed by atoms with van der Waals surface area (Å²) in [6.07, 6.45) is 7.55. The lowest BCUT2D eigenvalue weighted by Crippen LogP contribution is -2.47. The van der Waals surface area contributed by atoms with E-state index in [9.17, 15) is 14.4 Å². The molecular weight excluding hydrogens is 512 g/mol. The molecule has 3 aromatic rings. The fraction of sp³-hybridized carbons (Fsp3) is 0.412. The zero-order valence-corrected chi connectivity index (χ0v) is 24.4. The van der Waals surface area contributed by atoms with E-state index < -0.39 is 6.04 Å². The van der Waals surface area contributed by atoms with Crippen molar-refractivity contribution in [2.75, 3.05) is 10.2 Å². The first-order valence-electron chi connectivity index (χ1n) is 14.8. The molecule has 1 fully saturated rings. The van der Waals surface area contributed by atoms with Gasteiger partial charge in [0.15, 0.2) is 0 Å². The molecule has 0 saturated heterocycles. The van der Waals surface area contributed by atoms with Crippen LogP contribution in [0.4, 0.5) is 11.5 Å². The van der Waals surface area contributed by atoms with Gasteiger partial charge in [0.1, 0.15) is 11.9 Å². The van der Waals surface area contributed by atoms with Crippen LogP contribution in [0.2, 0.25) is 0 Å². The first-order chi connectivity index (χ1) is 19.8. The number of nitrogens with zero attached hydrogens (tertiary/aromatic N) is 2. The molecule has 4 rings (SSSR count). The van der Waals surface area contributed by atoms with E-state index >= 15 is 0 Å². The lowest BCUT2D eigenvalue weighted by Gasteiger charge is -2.34. The third-order valence-electron chi connectivity index (χ3n) is 7.68. The van der Waals surface area contributed by atoms with Gasteiger partial charge in [-0.15, -0.1) is 0 Å². The second kappa shape index (κ2) is 14.6. The number of hydrogen-bond donors (Lipinski definition) is 2. The summed E-state index contributed by atoms with van der Waals surface area (Å²) >= 11 is 0. The molecule has 1 atom stereocenters. The summed E-state index contributed by atoms with van der Waals surface area (Å²) in [7, 11) is 0. The standard InChI is InChI=1S/C34H42N4O3/c1-24(2)26-19-21-29(22-20-26)38(32(40)14-9-13-31(39)37-30-12-7-8-23-35-30)33(27-17-15-25(3)16-18-27)34(41)36-28-10-5-4-6-11-28/h7-8,12,15-24,28,33H,4-6,9-11,13-14H2,1-3H3,(H,36,41)(H,35,37,39)/t33-/m1/s1. The molecule has 7 heteroatoms. The molecule has 1 aliphatic carbocycles. The first kappa shape index (κ1) is 30.0. The van der Waals surface area contributed by atoms with Crippen LogP contribution in [0.3, 0.4) is 0 Å². The van der Waals surface area contributed by atoms with Crippen LogP contribution in [0, 0.1) is 6.92 Å².